The monoisotopic (exact) mass is 436 g/mol. The summed E-state index contributed by atoms with van der Waals surface area (Å²) < 4.78 is 40.5. The van der Waals surface area contributed by atoms with Gasteiger partial charge < -0.3 is 10.2 Å². The fraction of sp³-hybridized carbons (Fsp3) is 0.500. The number of aryl methyl sites for hydroxylation is 1. The van der Waals surface area contributed by atoms with E-state index in [9.17, 15) is 22.8 Å². The Hall–Kier alpha value is -2.84. The predicted octanol–water partition coefficient (Wildman–Crippen LogP) is 3.57. The lowest BCUT2D eigenvalue weighted by atomic mass is 10.1. The predicted molar refractivity (Wildman–Crippen MR) is 110 cm³/mol. The van der Waals surface area contributed by atoms with Crippen LogP contribution in [-0.2, 0) is 22.2 Å². The summed E-state index contributed by atoms with van der Waals surface area (Å²) in [5.41, 5.74) is 1.44. The van der Waals surface area contributed by atoms with Gasteiger partial charge in [-0.25, -0.2) is 4.68 Å². The molecule has 1 aromatic carbocycles. The highest BCUT2D eigenvalue weighted by Crippen LogP contribution is 2.30. The number of alkyl halides is 3. The molecule has 1 fully saturated rings. The molecule has 1 aliphatic heterocycles. The molecule has 0 radical (unpaired) electrons. The summed E-state index contributed by atoms with van der Waals surface area (Å²) >= 11 is 0. The molecule has 1 saturated heterocycles. The molecule has 6 nitrogen and oxygen atoms in total. The maximum absolute atomic E-state index is 13.0. The SMILES string of the molecule is Cc1nn(-c2cccc(C(F)(F)F)c2)c(C)c1CC(=O)NCCN1CCCCCC1=O. The van der Waals surface area contributed by atoms with Gasteiger partial charge in [0.15, 0.2) is 0 Å². The minimum absolute atomic E-state index is 0.0740. The van der Waals surface area contributed by atoms with Gasteiger partial charge in [0.25, 0.3) is 0 Å². The molecule has 0 spiro atoms. The van der Waals surface area contributed by atoms with E-state index in [1.54, 1.807) is 24.8 Å². The Morgan fingerprint density at radius 2 is 1.97 bits per heavy atom. The van der Waals surface area contributed by atoms with Crippen LogP contribution in [0.15, 0.2) is 24.3 Å². The topological polar surface area (TPSA) is 67.2 Å². The number of nitrogens with zero attached hydrogens (tertiary/aromatic N) is 3. The molecule has 1 aliphatic rings. The van der Waals surface area contributed by atoms with Gasteiger partial charge in [0.05, 0.1) is 23.4 Å². The number of hydrogen-bond acceptors (Lipinski definition) is 3. The molecule has 3 rings (SSSR count). The molecule has 2 amide bonds. The molecule has 1 aromatic heterocycles. The van der Waals surface area contributed by atoms with E-state index in [0.29, 0.717) is 42.1 Å². The average Bonchev–Trinajstić information content (AvgIpc) is 2.86. The van der Waals surface area contributed by atoms with Crippen LogP contribution in [0.1, 0.15) is 48.2 Å². The van der Waals surface area contributed by atoms with E-state index < -0.39 is 11.7 Å². The fourth-order valence-electron chi connectivity index (χ4n) is 3.82. The number of halogens is 3. The molecule has 31 heavy (non-hydrogen) atoms. The number of nitrogens with one attached hydrogen (secondary N) is 1. The van der Waals surface area contributed by atoms with E-state index in [1.807, 2.05) is 0 Å². The van der Waals surface area contributed by atoms with Gasteiger partial charge in [0.2, 0.25) is 11.8 Å². The summed E-state index contributed by atoms with van der Waals surface area (Å²) in [5.74, 6) is -0.0853. The number of likely N-dealkylation sites (tertiary alicyclic amines) is 1. The summed E-state index contributed by atoms with van der Waals surface area (Å²) in [4.78, 5) is 26.3. The Labute approximate surface area is 179 Å². The Morgan fingerprint density at radius 3 is 2.71 bits per heavy atom. The standard InChI is InChI=1S/C22H27F3N4O2/c1-15-19(14-20(30)26-10-12-28-11-5-3-4-9-21(28)31)16(2)29(27-15)18-8-6-7-17(13-18)22(23,24)25/h6-8,13H,3-5,9-12,14H2,1-2H3,(H,26,30). The number of aromatic nitrogens is 2. The van der Waals surface area contributed by atoms with Gasteiger partial charge in [-0.15, -0.1) is 0 Å². The molecule has 2 aromatic rings. The zero-order chi connectivity index (χ0) is 22.6. The van der Waals surface area contributed by atoms with Crippen LogP contribution >= 0.6 is 0 Å². The average molecular weight is 436 g/mol. The molecule has 168 valence electrons. The molecular formula is C22H27F3N4O2. The molecule has 0 unspecified atom stereocenters. The molecule has 0 bridgehead atoms. The molecular weight excluding hydrogens is 409 g/mol. The van der Waals surface area contributed by atoms with Crippen molar-refractivity contribution in [2.24, 2.45) is 0 Å². The van der Waals surface area contributed by atoms with Crippen LogP contribution in [-0.4, -0.2) is 46.1 Å². The van der Waals surface area contributed by atoms with Crippen molar-refractivity contribution in [2.45, 2.75) is 52.1 Å². The summed E-state index contributed by atoms with van der Waals surface area (Å²) in [7, 11) is 0. The van der Waals surface area contributed by atoms with Gasteiger partial charge in [-0.3, -0.25) is 9.59 Å². The lowest BCUT2D eigenvalue weighted by molar-refractivity contribution is -0.137. The smallest absolute Gasteiger partial charge is 0.354 e. The number of hydrogen-bond donors (Lipinski definition) is 1. The van der Waals surface area contributed by atoms with Crippen molar-refractivity contribution >= 4 is 11.8 Å². The summed E-state index contributed by atoms with van der Waals surface area (Å²) in [5, 5.41) is 7.18. The first-order valence-corrected chi connectivity index (χ1v) is 10.4. The van der Waals surface area contributed by atoms with E-state index in [2.05, 4.69) is 10.4 Å². The highest BCUT2D eigenvalue weighted by atomic mass is 19.4. The van der Waals surface area contributed by atoms with Crippen LogP contribution in [0.5, 0.6) is 0 Å². The molecule has 0 saturated carbocycles. The highest BCUT2D eigenvalue weighted by molar-refractivity contribution is 5.79. The van der Waals surface area contributed by atoms with Crippen molar-refractivity contribution in [3.05, 3.63) is 46.8 Å². The zero-order valence-corrected chi connectivity index (χ0v) is 17.8. The number of rotatable bonds is 6. The third kappa shape index (κ3) is 5.65. The Kier molecular flexibility index (Phi) is 7.02. The second-order valence-corrected chi connectivity index (χ2v) is 7.83. The van der Waals surface area contributed by atoms with Gasteiger partial charge >= 0.3 is 6.18 Å². The largest absolute Gasteiger partial charge is 0.416 e. The Bertz CT molecular complexity index is 953. The van der Waals surface area contributed by atoms with Crippen molar-refractivity contribution in [3.8, 4) is 5.69 Å². The van der Waals surface area contributed by atoms with Crippen molar-refractivity contribution in [2.75, 3.05) is 19.6 Å². The van der Waals surface area contributed by atoms with Crippen LogP contribution in [0, 0.1) is 13.8 Å². The van der Waals surface area contributed by atoms with Gasteiger partial charge in [0.1, 0.15) is 0 Å². The van der Waals surface area contributed by atoms with E-state index >= 15 is 0 Å². The van der Waals surface area contributed by atoms with Gasteiger partial charge in [0, 0.05) is 37.3 Å². The maximum atomic E-state index is 13.0. The molecule has 2 heterocycles. The lowest BCUT2D eigenvalue weighted by Crippen LogP contribution is -2.38. The van der Waals surface area contributed by atoms with E-state index in [1.165, 1.54) is 10.7 Å². The highest BCUT2D eigenvalue weighted by Gasteiger charge is 2.31. The number of carbonyl (C=O) groups is 2. The summed E-state index contributed by atoms with van der Waals surface area (Å²) in [6.45, 7) is 5.03. The zero-order valence-electron chi connectivity index (χ0n) is 17.8. The number of amides is 2. The minimum Gasteiger partial charge on any atom is -0.354 e. The second kappa shape index (κ2) is 9.53. The third-order valence-corrected chi connectivity index (χ3v) is 5.57. The van der Waals surface area contributed by atoms with Crippen LogP contribution in [0.2, 0.25) is 0 Å². The van der Waals surface area contributed by atoms with Gasteiger partial charge in [-0.1, -0.05) is 12.5 Å². The molecule has 1 N–H and O–H groups in total. The van der Waals surface area contributed by atoms with E-state index in [0.717, 1.165) is 37.9 Å². The molecule has 0 aliphatic carbocycles. The lowest BCUT2D eigenvalue weighted by Gasteiger charge is -2.20. The quantitative estimate of drug-likeness (QED) is 0.753. The van der Waals surface area contributed by atoms with Gasteiger partial charge in [-0.2, -0.15) is 18.3 Å². The first-order chi connectivity index (χ1) is 14.7. The minimum atomic E-state index is -4.44. The van der Waals surface area contributed by atoms with Crippen LogP contribution < -0.4 is 5.32 Å². The normalized spacial score (nSPS) is 15.1. The fourth-order valence-corrected chi connectivity index (χ4v) is 3.82. The van der Waals surface area contributed by atoms with Crippen LogP contribution in [0.4, 0.5) is 13.2 Å². The van der Waals surface area contributed by atoms with Crippen LogP contribution in [0.3, 0.4) is 0 Å². The first kappa shape index (κ1) is 22.8. The Balaban J connectivity index is 1.64. The summed E-state index contributed by atoms with van der Waals surface area (Å²) in [6.07, 6.45) is -0.874. The maximum Gasteiger partial charge on any atom is 0.416 e. The second-order valence-electron chi connectivity index (χ2n) is 7.83. The van der Waals surface area contributed by atoms with Crippen molar-refractivity contribution in [3.63, 3.8) is 0 Å². The third-order valence-electron chi connectivity index (χ3n) is 5.57. The van der Waals surface area contributed by atoms with E-state index in [4.69, 9.17) is 0 Å². The number of carbonyl (C=O) groups excluding carboxylic acids is 2. The molecule has 9 heteroatoms. The van der Waals surface area contributed by atoms with Crippen molar-refractivity contribution < 1.29 is 22.8 Å². The number of benzene rings is 1. The van der Waals surface area contributed by atoms with Crippen molar-refractivity contribution in [1.82, 2.24) is 20.0 Å². The molecule has 0 atom stereocenters. The van der Waals surface area contributed by atoms with Crippen molar-refractivity contribution in [1.29, 1.82) is 0 Å². The Morgan fingerprint density at radius 1 is 1.19 bits per heavy atom. The summed E-state index contributed by atoms with van der Waals surface area (Å²) in [6, 6.07) is 4.95. The van der Waals surface area contributed by atoms with E-state index in [-0.39, 0.29) is 18.2 Å². The van der Waals surface area contributed by atoms with Crippen LogP contribution in [0.25, 0.3) is 5.69 Å². The van der Waals surface area contributed by atoms with Gasteiger partial charge in [-0.05, 0) is 44.9 Å². The first-order valence-electron chi connectivity index (χ1n) is 10.4.